The number of carbonyl (C=O) groups excluding carboxylic acids is 3. The smallest absolute Gasteiger partial charge is 0.449 e. The van der Waals surface area contributed by atoms with Crippen LogP contribution in [0.2, 0.25) is 0 Å². The number of nitrogens with two attached hydrogens (primary N) is 3. The van der Waals surface area contributed by atoms with Crippen molar-refractivity contribution in [1.82, 2.24) is 15.5 Å². The van der Waals surface area contributed by atoms with Crippen molar-refractivity contribution in [2.45, 2.75) is 51.0 Å². The minimum absolute atomic E-state index is 0.0458. The molecular formula is C25H35F3N6O4. The van der Waals surface area contributed by atoms with Crippen molar-refractivity contribution in [3.63, 3.8) is 0 Å². The third-order valence-electron chi connectivity index (χ3n) is 5.72. The second-order valence-electron chi connectivity index (χ2n) is 8.78. The number of hydrogen-bond donors (Lipinski definition) is 5. The van der Waals surface area contributed by atoms with Gasteiger partial charge in [0.25, 0.3) is 0 Å². The number of halogens is 3. The topological polar surface area (TPSA) is 170 Å². The Morgan fingerprint density at radius 2 is 1.68 bits per heavy atom. The van der Waals surface area contributed by atoms with Gasteiger partial charge in [-0.2, -0.15) is 13.2 Å². The fourth-order valence-corrected chi connectivity index (χ4v) is 3.83. The SMILES string of the molecule is Cc1cc(CNC(=O)C(CCc2ccccc2)NC(=O)C(N)CC(=O)N(CCN)CCN)c(C(F)(F)F)o1. The highest BCUT2D eigenvalue weighted by atomic mass is 19.4. The van der Waals surface area contributed by atoms with Crippen LogP contribution in [0.25, 0.3) is 0 Å². The molecule has 13 heteroatoms. The number of furan rings is 1. The third kappa shape index (κ3) is 9.47. The van der Waals surface area contributed by atoms with Gasteiger partial charge in [0.1, 0.15) is 11.8 Å². The third-order valence-corrected chi connectivity index (χ3v) is 5.72. The molecule has 0 spiro atoms. The lowest BCUT2D eigenvalue weighted by Crippen LogP contribution is -2.53. The standard InChI is InChI=1S/C25H35F3N6O4/c1-16-13-18(22(38-16)25(26,27)28)15-32-24(37)20(8-7-17-5-3-2-4-6-17)33-23(36)19(31)14-21(35)34(11-9-29)12-10-30/h2-6,13,19-20H,7-12,14-15,29-31H2,1H3,(H,32,37)(H,33,36). The Balaban J connectivity index is 2.10. The number of nitrogens with one attached hydrogen (secondary N) is 2. The van der Waals surface area contributed by atoms with Gasteiger partial charge in [-0.25, -0.2) is 0 Å². The molecule has 2 rings (SSSR count). The molecule has 1 aromatic carbocycles. The van der Waals surface area contributed by atoms with Crippen LogP contribution in [0.1, 0.15) is 35.5 Å². The highest BCUT2D eigenvalue weighted by molar-refractivity contribution is 5.92. The van der Waals surface area contributed by atoms with Crippen molar-refractivity contribution in [2.24, 2.45) is 17.2 Å². The number of alkyl halides is 3. The van der Waals surface area contributed by atoms with Crippen molar-refractivity contribution >= 4 is 17.7 Å². The Labute approximate surface area is 219 Å². The second-order valence-corrected chi connectivity index (χ2v) is 8.78. The monoisotopic (exact) mass is 540 g/mol. The Kier molecular flexibility index (Phi) is 11.8. The highest BCUT2D eigenvalue weighted by Crippen LogP contribution is 2.34. The first kappa shape index (κ1) is 30.8. The number of aryl methyl sites for hydroxylation is 2. The van der Waals surface area contributed by atoms with E-state index in [0.29, 0.717) is 6.42 Å². The summed E-state index contributed by atoms with van der Waals surface area (Å²) in [5.41, 5.74) is 17.6. The summed E-state index contributed by atoms with van der Waals surface area (Å²) >= 11 is 0. The molecule has 2 atom stereocenters. The highest BCUT2D eigenvalue weighted by Gasteiger charge is 2.38. The molecule has 0 fully saturated rings. The molecule has 3 amide bonds. The van der Waals surface area contributed by atoms with Gasteiger partial charge in [0.15, 0.2) is 0 Å². The number of carbonyl (C=O) groups is 3. The van der Waals surface area contributed by atoms with Gasteiger partial charge in [0, 0.05) is 38.3 Å². The molecule has 2 unspecified atom stereocenters. The fraction of sp³-hybridized carbons (Fsp3) is 0.480. The maximum absolute atomic E-state index is 13.2. The van der Waals surface area contributed by atoms with Gasteiger partial charge >= 0.3 is 6.18 Å². The quantitative estimate of drug-likeness (QED) is 0.236. The van der Waals surface area contributed by atoms with Crippen LogP contribution in [0.5, 0.6) is 0 Å². The normalized spacial score (nSPS) is 13.0. The van der Waals surface area contributed by atoms with Crippen LogP contribution in [0.4, 0.5) is 13.2 Å². The predicted molar refractivity (Wildman–Crippen MR) is 134 cm³/mol. The predicted octanol–water partition coefficient (Wildman–Crippen LogP) is 0.804. The zero-order valence-corrected chi connectivity index (χ0v) is 21.2. The average Bonchev–Trinajstić information content (AvgIpc) is 3.26. The van der Waals surface area contributed by atoms with Crippen LogP contribution in [-0.4, -0.2) is 60.9 Å². The summed E-state index contributed by atoms with van der Waals surface area (Å²) in [4.78, 5) is 39.7. The van der Waals surface area contributed by atoms with Crippen LogP contribution < -0.4 is 27.8 Å². The van der Waals surface area contributed by atoms with Gasteiger partial charge in [0.2, 0.25) is 23.5 Å². The number of hydrogen-bond acceptors (Lipinski definition) is 7. The maximum atomic E-state index is 13.2. The van der Waals surface area contributed by atoms with E-state index in [1.807, 2.05) is 30.3 Å². The van der Waals surface area contributed by atoms with Crippen molar-refractivity contribution in [2.75, 3.05) is 26.2 Å². The van der Waals surface area contributed by atoms with E-state index < -0.39 is 48.3 Å². The Morgan fingerprint density at radius 1 is 1.05 bits per heavy atom. The van der Waals surface area contributed by atoms with Gasteiger partial charge in [-0.05, 0) is 31.4 Å². The average molecular weight is 541 g/mol. The summed E-state index contributed by atoms with van der Waals surface area (Å²) in [5, 5.41) is 4.98. The van der Waals surface area contributed by atoms with Crippen LogP contribution in [0, 0.1) is 6.92 Å². The minimum Gasteiger partial charge on any atom is -0.456 e. The van der Waals surface area contributed by atoms with E-state index in [9.17, 15) is 27.6 Å². The van der Waals surface area contributed by atoms with Gasteiger partial charge in [-0.3, -0.25) is 14.4 Å². The molecule has 210 valence electrons. The van der Waals surface area contributed by atoms with Crippen LogP contribution in [0.15, 0.2) is 40.8 Å². The van der Waals surface area contributed by atoms with Crippen molar-refractivity contribution in [3.8, 4) is 0 Å². The van der Waals surface area contributed by atoms with E-state index in [4.69, 9.17) is 21.6 Å². The van der Waals surface area contributed by atoms with E-state index in [0.717, 1.165) is 5.56 Å². The number of benzene rings is 1. The molecule has 2 aromatic rings. The van der Waals surface area contributed by atoms with Crippen molar-refractivity contribution in [3.05, 3.63) is 59.0 Å². The Bertz CT molecular complexity index is 1060. The second kappa shape index (κ2) is 14.5. The summed E-state index contributed by atoms with van der Waals surface area (Å²) in [6.45, 7) is 1.83. The minimum atomic E-state index is -4.73. The zero-order chi connectivity index (χ0) is 28.3. The first-order valence-corrected chi connectivity index (χ1v) is 12.2. The largest absolute Gasteiger partial charge is 0.456 e. The van der Waals surface area contributed by atoms with Gasteiger partial charge < -0.3 is 37.2 Å². The van der Waals surface area contributed by atoms with Crippen molar-refractivity contribution < 1.29 is 32.0 Å². The van der Waals surface area contributed by atoms with E-state index in [1.165, 1.54) is 17.9 Å². The molecule has 0 aliphatic carbocycles. The van der Waals surface area contributed by atoms with Gasteiger partial charge in [-0.1, -0.05) is 30.3 Å². The molecular weight excluding hydrogens is 505 g/mol. The lowest BCUT2D eigenvalue weighted by Gasteiger charge is -2.24. The summed E-state index contributed by atoms with van der Waals surface area (Å²) in [7, 11) is 0. The number of rotatable bonds is 14. The zero-order valence-electron chi connectivity index (χ0n) is 21.2. The molecule has 0 saturated carbocycles. The molecule has 1 heterocycles. The summed E-state index contributed by atoms with van der Waals surface area (Å²) in [6, 6.07) is 7.96. The Hall–Kier alpha value is -3.42. The number of nitrogens with zero attached hydrogens (tertiary/aromatic N) is 1. The Morgan fingerprint density at radius 3 is 2.26 bits per heavy atom. The first-order chi connectivity index (χ1) is 18.0. The lowest BCUT2D eigenvalue weighted by molar-refractivity contribution is -0.154. The molecule has 10 nitrogen and oxygen atoms in total. The van der Waals surface area contributed by atoms with E-state index in [2.05, 4.69) is 10.6 Å². The molecule has 38 heavy (non-hydrogen) atoms. The van der Waals surface area contributed by atoms with E-state index in [1.54, 1.807) is 0 Å². The van der Waals surface area contributed by atoms with E-state index >= 15 is 0 Å². The summed E-state index contributed by atoms with van der Waals surface area (Å²) < 4.78 is 44.5. The molecule has 0 saturated heterocycles. The van der Waals surface area contributed by atoms with Crippen molar-refractivity contribution in [1.29, 1.82) is 0 Å². The van der Waals surface area contributed by atoms with E-state index in [-0.39, 0.29) is 50.3 Å². The maximum Gasteiger partial charge on any atom is 0.449 e. The molecule has 0 aliphatic rings. The summed E-state index contributed by atoms with van der Waals surface area (Å²) in [5.74, 6) is -3.01. The molecule has 8 N–H and O–H groups in total. The first-order valence-electron chi connectivity index (χ1n) is 12.2. The lowest BCUT2D eigenvalue weighted by atomic mass is 10.0. The van der Waals surface area contributed by atoms with Crippen LogP contribution in [-0.2, 0) is 33.5 Å². The molecule has 0 radical (unpaired) electrons. The fourth-order valence-electron chi connectivity index (χ4n) is 3.83. The molecule has 1 aromatic heterocycles. The van der Waals surface area contributed by atoms with Crippen LogP contribution in [0.3, 0.4) is 0 Å². The number of amides is 3. The summed E-state index contributed by atoms with van der Waals surface area (Å²) in [6.07, 6.45) is -4.52. The molecule has 0 aliphatic heterocycles. The van der Waals surface area contributed by atoms with Gasteiger partial charge in [0.05, 0.1) is 12.5 Å². The van der Waals surface area contributed by atoms with Crippen LogP contribution >= 0.6 is 0 Å². The molecule has 0 bridgehead atoms. The van der Waals surface area contributed by atoms with Gasteiger partial charge in [-0.15, -0.1) is 0 Å².